The maximum Gasteiger partial charge on any atom is 0.256 e. The predicted octanol–water partition coefficient (Wildman–Crippen LogP) is 3.87. The molecule has 1 aliphatic rings. The molecule has 104 valence electrons. The van der Waals surface area contributed by atoms with Crippen molar-refractivity contribution in [2.24, 2.45) is 0 Å². The molecular formula is C17H12ClNO2. The van der Waals surface area contributed by atoms with Crippen LogP contribution < -0.4 is 5.32 Å². The number of nitrogens with one attached hydrogen (secondary N) is 1. The average molecular weight is 298 g/mol. The monoisotopic (exact) mass is 297 g/mol. The summed E-state index contributed by atoms with van der Waals surface area (Å²) in [5.74, 6) is -0.485. The highest BCUT2D eigenvalue weighted by Crippen LogP contribution is 2.33. The van der Waals surface area contributed by atoms with Crippen molar-refractivity contribution in [2.75, 3.05) is 5.32 Å². The number of carbonyl (C=O) groups excluding carboxylic acids is 2. The van der Waals surface area contributed by atoms with Gasteiger partial charge in [0, 0.05) is 21.8 Å². The second-order valence-corrected chi connectivity index (χ2v) is 5.37. The van der Waals surface area contributed by atoms with E-state index >= 15 is 0 Å². The van der Waals surface area contributed by atoms with E-state index < -0.39 is 0 Å². The molecule has 0 radical (unpaired) electrons. The van der Waals surface area contributed by atoms with E-state index in [1.165, 1.54) is 6.08 Å². The number of hydrogen-bond acceptors (Lipinski definition) is 2. The van der Waals surface area contributed by atoms with Gasteiger partial charge in [0.25, 0.3) is 5.91 Å². The van der Waals surface area contributed by atoms with Crippen molar-refractivity contribution in [3.63, 3.8) is 0 Å². The van der Waals surface area contributed by atoms with E-state index in [9.17, 15) is 9.59 Å². The van der Waals surface area contributed by atoms with Gasteiger partial charge in [-0.2, -0.15) is 0 Å². The minimum atomic E-state index is -0.285. The van der Waals surface area contributed by atoms with Gasteiger partial charge in [-0.1, -0.05) is 41.4 Å². The summed E-state index contributed by atoms with van der Waals surface area (Å²) >= 11 is 5.96. The molecule has 1 amide bonds. The zero-order valence-corrected chi connectivity index (χ0v) is 12.1. The van der Waals surface area contributed by atoms with Gasteiger partial charge in [0.15, 0.2) is 5.78 Å². The summed E-state index contributed by atoms with van der Waals surface area (Å²) in [7, 11) is 0. The van der Waals surface area contributed by atoms with E-state index in [1.54, 1.807) is 30.3 Å². The molecule has 0 spiro atoms. The summed E-state index contributed by atoms with van der Waals surface area (Å²) in [4.78, 5) is 24.3. The second-order valence-electron chi connectivity index (χ2n) is 4.93. The van der Waals surface area contributed by atoms with E-state index in [2.05, 4.69) is 5.32 Å². The Kier molecular flexibility index (Phi) is 3.35. The summed E-state index contributed by atoms with van der Waals surface area (Å²) in [6.45, 7) is 1.95. The Morgan fingerprint density at radius 1 is 1.14 bits per heavy atom. The molecule has 21 heavy (non-hydrogen) atoms. The summed E-state index contributed by atoms with van der Waals surface area (Å²) in [5.41, 5.74) is 3.31. The fraction of sp³-hybridized carbons (Fsp3) is 0.0588. The van der Waals surface area contributed by atoms with Crippen LogP contribution in [-0.4, -0.2) is 11.7 Å². The first-order valence-electron chi connectivity index (χ1n) is 6.48. The zero-order chi connectivity index (χ0) is 15.0. The third-order valence-electron chi connectivity index (χ3n) is 3.38. The lowest BCUT2D eigenvalue weighted by Gasteiger charge is -2.00. The van der Waals surface area contributed by atoms with E-state index in [0.717, 1.165) is 5.56 Å². The number of carbonyl (C=O) groups is 2. The van der Waals surface area contributed by atoms with Crippen LogP contribution in [0.3, 0.4) is 0 Å². The standard InChI is InChI=1S/C17H12ClNO2/c1-10-2-4-11(5-3-10)16(20)9-14-13-8-12(18)6-7-15(13)19-17(14)21/h2-9H,1H3,(H,19,21)/b14-9-. The summed E-state index contributed by atoms with van der Waals surface area (Å²) in [6, 6.07) is 12.3. The van der Waals surface area contributed by atoms with Gasteiger partial charge in [0.2, 0.25) is 0 Å². The first kappa shape index (κ1) is 13.6. The number of allylic oxidation sites excluding steroid dienone is 1. The maximum atomic E-state index is 12.3. The number of hydrogen-bond donors (Lipinski definition) is 1. The smallest absolute Gasteiger partial charge is 0.256 e. The fourth-order valence-corrected chi connectivity index (χ4v) is 2.41. The minimum Gasteiger partial charge on any atom is -0.321 e. The van der Waals surface area contributed by atoms with E-state index in [4.69, 9.17) is 11.6 Å². The zero-order valence-electron chi connectivity index (χ0n) is 11.3. The van der Waals surface area contributed by atoms with Gasteiger partial charge in [-0.3, -0.25) is 9.59 Å². The molecule has 0 saturated carbocycles. The Morgan fingerprint density at radius 3 is 2.57 bits per heavy atom. The van der Waals surface area contributed by atoms with E-state index in [1.807, 2.05) is 19.1 Å². The Labute approximate surface area is 127 Å². The van der Waals surface area contributed by atoms with Crippen LogP contribution in [-0.2, 0) is 4.79 Å². The molecule has 0 bridgehead atoms. The van der Waals surface area contributed by atoms with Gasteiger partial charge >= 0.3 is 0 Å². The summed E-state index contributed by atoms with van der Waals surface area (Å²) < 4.78 is 0. The number of halogens is 1. The lowest BCUT2D eigenvalue weighted by Crippen LogP contribution is -2.06. The molecule has 1 aliphatic heterocycles. The first-order valence-corrected chi connectivity index (χ1v) is 6.86. The van der Waals surface area contributed by atoms with Crippen molar-refractivity contribution in [3.05, 3.63) is 70.3 Å². The number of amides is 1. The van der Waals surface area contributed by atoms with Gasteiger partial charge < -0.3 is 5.32 Å². The predicted molar refractivity (Wildman–Crippen MR) is 83.6 cm³/mol. The molecule has 4 heteroatoms. The SMILES string of the molecule is Cc1ccc(C(=O)/C=C2\C(=O)Nc3ccc(Cl)cc32)cc1. The van der Waals surface area contributed by atoms with Crippen LogP contribution in [0, 0.1) is 6.92 Å². The second kappa shape index (κ2) is 5.19. The lowest BCUT2D eigenvalue weighted by molar-refractivity contribution is -0.110. The van der Waals surface area contributed by atoms with Crippen LogP contribution >= 0.6 is 11.6 Å². The number of fused-ring (bicyclic) bond motifs is 1. The van der Waals surface area contributed by atoms with E-state index in [-0.39, 0.29) is 11.7 Å². The van der Waals surface area contributed by atoms with Crippen LogP contribution in [0.5, 0.6) is 0 Å². The Bertz CT molecular complexity index is 776. The molecule has 2 aromatic rings. The molecule has 0 unspecified atom stereocenters. The van der Waals surface area contributed by atoms with Gasteiger partial charge in [-0.25, -0.2) is 0 Å². The number of anilines is 1. The Morgan fingerprint density at radius 2 is 1.86 bits per heavy atom. The van der Waals surface area contributed by atoms with Crippen LogP contribution in [0.4, 0.5) is 5.69 Å². The number of aryl methyl sites for hydroxylation is 1. The average Bonchev–Trinajstić information content (AvgIpc) is 2.76. The summed E-state index contributed by atoms with van der Waals surface area (Å²) in [6.07, 6.45) is 1.36. The number of benzene rings is 2. The van der Waals surface area contributed by atoms with Crippen molar-refractivity contribution in [1.29, 1.82) is 0 Å². The molecule has 1 heterocycles. The van der Waals surface area contributed by atoms with Gasteiger partial charge in [0.05, 0.1) is 5.57 Å². The highest BCUT2D eigenvalue weighted by atomic mass is 35.5. The Balaban J connectivity index is 2.00. The largest absolute Gasteiger partial charge is 0.321 e. The van der Waals surface area contributed by atoms with Gasteiger partial charge in [-0.05, 0) is 31.2 Å². The molecule has 0 atom stereocenters. The van der Waals surface area contributed by atoms with Crippen LogP contribution in [0.25, 0.3) is 5.57 Å². The van der Waals surface area contributed by atoms with Crippen molar-refractivity contribution >= 4 is 34.6 Å². The molecule has 1 N–H and O–H groups in total. The Hall–Kier alpha value is -2.39. The van der Waals surface area contributed by atoms with E-state index in [0.29, 0.717) is 27.4 Å². The molecule has 0 aliphatic carbocycles. The van der Waals surface area contributed by atoms with Crippen molar-refractivity contribution in [1.82, 2.24) is 0 Å². The van der Waals surface area contributed by atoms with Gasteiger partial charge in [0.1, 0.15) is 0 Å². The molecule has 0 saturated heterocycles. The highest BCUT2D eigenvalue weighted by molar-refractivity contribution is 6.36. The minimum absolute atomic E-state index is 0.201. The maximum absolute atomic E-state index is 12.3. The molecular weight excluding hydrogens is 286 g/mol. The van der Waals surface area contributed by atoms with Crippen molar-refractivity contribution in [2.45, 2.75) is 6.92 Å². The normalized spacial score (nSPS) is 15.0. The number of ketones is 1. The summed E-state index contributed by atoms with van der Waals surface area (Å²) in [5, 5.41) is 3.25. The fourth-order valence-electron chi connectivity index (χ4n) is 2.24. The van der Waals surface area contributed by atoms with Crippen LogP contribution in [0.15, 0.2) is 48.5 Å². The van der Waals surface area contributed by atoms with Crippen molar-refractivity contribution < 1.29 is 9.59 Å². The van der Waals surface area contributed by atoms with Crippen LogP contribution in [0.2, 0.25) is 5.02 Å². The molecule has 0 aromatic heterocycles. The molecule has 3 nitrogen and oxygen atoms in total. The first-order chi connectivity index (χ1) is 10.0. The quantitative estimate of drug-likeness (QED) is 0.675. The third kappa shape index (κ3) is 2.60. The number of rotatable bonds is 2. The third-order valence-corrected chi connectivity index (χ3v) is 3.61. The molecule has 2 aromatic carbocycles. The lowest BCUT2D eigenvalue weighted by atomic mass is 10.0. The molecule has 0 fully saturated rings. The topological polar surface area (TPSA) is 46.2 Å². The highest BCUT2D eigenvalue weighted by Gasteiger charge is 2.25. The van der Waals surface area contributed by atoms with Crippen molar-refractivity contribution in [3.8, 4) is 0 Å². The molecule has 3 rings (SSSR count). The van der Waals surface area contributed by atoms with Gasteiger partial charge in [-0.15, -0.1) is 0 Å². The van der Waals surface area contributed by atoms with Crippen LogP contribution in [0.1, 0.15) is 21.5 Å².